The van der Waals surface area contributed by atoms with Crippen LogP contribution in [0.5, 0.6) is 0 Å². The first-order valence-corrected chi connectivity index (χ1v) is 5.12. The first-order valence-electron chi connectivity index (χ1n) is 5.12. The fraction of sp³-hybridized carbons (Fsp3) is 0.333. The fourth-order valence-electron chi connectivity index (χ4n) is 1.40. The molecule has 106 valence electrons. The van der Waals surface area contributed by atoms with Crippen LogP contribution >= 0.6 is 0 Å². The van der Waals surface area contributed by atoms with E-state index in [0.717, 1.165) is 6.08 Å². The van der Waals surface area contributed by atoms with Crippen molar-refractivity contribution >= 4 is 0 Å². The molecule has 1 aromatic rings. The van der Waals surface area contributed by atoms with Crippen LogP contribution in [0.4, 0.5) is 26.3 Å². The van der Waals surface area contributed by atoms with E-state index in [1.165, 1.54) is 24.3 Å². The van der Waals surface area contributed by atoms with Crippen molar-refractivity contribution in [3.63, 3.8) is 0 Å². The molecule has 0 aliphatic heterocycles. The average Bonchev–Trinajstić information content (AvgIpc) is 2.28. The summed E-state index contributed by atoms with van der Waals surface area (Å²) in [6.07, 6.45) is -15.5. The van der Waals surface area contributed by atoms with E-state index in [4.69, 9.17) is 0 Å². The van der Waals surface area contributed by atoms with Crippen LogP contribution in [0.3, 0.4) is 0 Å². The van der Waals surface area contributed by atoms with E-state index < -0.39 is 24.6 Å². The predicted molar refractivity (Wildman–Crippen MR) is 56.4 cm³/mol. The maximum absolute atomic E-state index is 12.3. The number of benzene rings is 1. The third kappa shape index (κ3) is 4.27. The van der Waals surface area contributed by atoms with E-state index in [0.29, 0.717) is 0 Å². The van der Waals surface area contributed by atoms with Gasteiger partial charge in [0, 0.05) is 0 Å². The number of hydrogen-bond donors (Lipinski definition) is 0. The van der Waals surface area contributed by atoms with Crippen molar-refractivity contribution in [2.45, 2.75) is 24.6 Å². The van der Waals surface area contributed by atoms with Gasteiger partial charge in [-0.1, -0.05) is 36.4 Å². The third-order valence-electron chi connectivity index (χ3n) is 2.22. The molecule has 1 rings (SSSR count). The van der Waals surface area contributed by atoms with Crippen LogP contribution in [0.15, 0.2) is 43.0 Å². The molecule has 19 heavy (non-hydrogen) atoms. The van der Waals surface area contributed by atoms with Crippen molar-refractivity contribution in [1.29, 1.82) is 0 Å². The molecule has 1 unspecified atom stereocenters. The first kappa shape index (κ1) is 15.6. The van der Waals surface area contributed by atoms with Crippen molar-refractivity contribution in [2.24, 2.45) is 0 Å². The van der Waals surface area contributed by atoms with Crippen LogP contribution < -0.4 is 0 Å². The Morgan fingerprint density at radius 2 is 1.42 bits per heavy atom. The molecule has 0 spiro atoms. The molecule has 0 radical (unpaired) electrons. The van der Waals surface area contributed by atoms with Gasteiger partial charge in [-0.05, 0) is 5.56 Å². The molecule has 0 fully saturated rings. The summed E-state index contributed by atoms with van der Waals surface area (Å²) in [6, 6.07) is 7.25. The van der Waals surface area contributed by atoms with Crippen molar-refractivity contribution < 1.29 is 31.1 Å². The number of hydrogen-bond acceptors (Lipinski definition) is 1. The van der Waals surface area contributed by atoms with E-state index in [1.807, 2.05) is 0 Å². The minimum absolute atomic E-state index is 0.163. The Morgan fingerprint density at radius 1 is 0.947 bits per heavy atom. The zero-order valence-electron chi connectivity index (χ0n) is 9.50. The molecule has 0 aliphatic rings. The van der Waals surface area contributed by atoms with E-state index in [-0.39, 0.29) is 5.56 Å². The largest absolute Gasteiger partial charge is 0.423 e. The van der Waals surface area contributed by atoms with Gasteiger partial charge in [0.05, 0.1) is 0 Å². The lowest BCUT2D eigenvalue weighted by atomic mass is 10.1. The Hall–Kier alpha value is -1.50. The van der Waals surface area contributed by atoms with Crippen molar-refractivity contribution in [1.82, 2.24) is 0 Å². The Kier molecular flexibility index (Phi) is 4.62. The normalized spacial score (nSPS) is 14.5. The maximum Gasteiger partial charge on any atom is 0.423 e. The molecule has 0 saturated heterocycles. The Morgan fingerprint density at radius 3 is 1.79 bits per heavy atom. The molecule has 0 aromatic heterocycles. The van der Waals surface area contributed by atoms with Crippen LogP contribution in [0.1, 0.15) is 11.7 Å². The van der Waals surface area contributed by atoms with E-state index >= 15 is 0 Å². The van der Waals surface area contributed by atoms with E-state index in [1.54, 1.807) is 6.07 Å². The highest BCUT2D eigenvalue weighted by Crippen LogP contribution is 2.38. The summed E-state index contributed by atoms with van der Waals surface area (Å²) < 4.78 is 78.2. The highest BCUT2D eigenvalue weighted by atomic mass is 19.4. The second-order valence-electron chi connectivity index (χ2n) is 3.67. The van der Waals surface area contributed by atoms with E-state index in [9.17, 15) is 26.3 Å². The minimum atomic E-state index is -5.53. The second kappa shape index (κ2) is 5.64. The number of rotatable bonds is 4. The van der Waals surface area contributed by atoms with Gasteiger partial charge in [0.1, 0.15) is 6.10 Å². The van der Waals surface area contributed by atoms with Crippen LogP contribution in [0.25, 0.3) is 0 Å². The van der Waals surface area contributed by atoms with Gasteiger partial charge < -0.3 is 4.74 Å². The van der Waals surface area contributed by atoms with Gasteiger partial charge in [0.2, 0.25) is 6.10 Å². The number of halogens is 6. The highest BCUT2D eigenvalue weighted by Gasteiger charge is 2.58. The topological polar surface area (TPSA) is 9.23 Å². The molecule has 0 aliphatic carbocycles. The lowest BCUT2D eigenvalue weighted by Gasteiger charge is -2.26. The van der Waals surface area contributed by atoms with Gasteiger partial charge in [0.25, 0.3) is 0 Å². The summed E-state index contributed by atoms with van der Waals surface area (Å²) >= 11 is 0. The van der Waals surface area contributed by atoms with Gasteiger partial charge in [-0.25, -0.2) is 0 Å². The van der Waals surface area contributed by atoms with E-state index in [2.05, 4.69) is 11.3 Å². The molecule has 0 N–H and O–H groups in total. The van der Waals surface area contributed by atoms with Crippen LogP contribution in [0.2, 0.25) is 0 Å². The summed E-state index contributed by atoms with van der Waals surface area (Å²) in [6.45, 7) is 3.19. The summed E-state index contributed by atoms with van der Waals surface area (Å²) in [4.78, 5) is 0. The lowest BCUT2D eigenvalue weighted by molar-refractivity contribution is -0.328. The van der Waals surface area contributed by atoms with Gasteiger partial charge >= 0.3 is 12.4 Å². The summed E-state index contributed by atoms with van der Waals surface area (Å²) in [5.41, 5.74) is 0.163. The zero-order chi connectivity index (χ0) is 14.7. The number of ether oxygens (including phenoxy) is 1. The smallest absolute Gasteiger partial charge is 0.349 e. The molecular weight excluding hydrogens is 274 g/mol. The highest BCUT2D eigenvalue weighted by molar-refractivity contribution is 5.20. The molecule has 0 saturated carbocycles. The van der Waals surface area contributed by atoms with Crippen LogP contribution in [-0.2, 0) is 4.74 Å². The molecule has 0 bridgehead atoms. The molecule has 1 aromatic carbocycles. The lowest BCUT2D eigenvalue weighted by Crippen LogP contribution is -2.44. The SMILES string of the molecule is C=CC(OC(C(F)(F)F)C(F)(F)F)c1ccccc1. The molecule has 0 amide bonds. The van der Waals surface area contributed by atoms with Crippen molar-refractivity contribution in [2.75, 3.05) is 0 Å². The van der Waals surface area contributed by atoms with Crippen LogP contribution in [-0.4, -0.2) is 18.5 Å². The standard InChI is InChI=1S/C12H10F6O/c1-2-9(8-6-4-3-5-7-8)19-10(11(13,14)15)12(16,17)18/h2-7,9-10H,1H2. The van der Waals surface area contributed by atoms with Crippen LogP contribution in [0, 0.1) is 0 Å². The molecule has 1 nitrogen and oxygen atoms in total. The Balaban J connectivity index is 2.98. The third-order valence-corrected chi connectivity index (χ3v) is 2.22. The summed E-state index contributed by atoms with van der Waals surface area (Å²) in [5.74, 6) is 0. The predicted octanol–water partition coefficient (Wildman–Crippen LogP) is 4.42. The zero-order valence-corrected chi connectivity index (χ0v) is 9.50. The van der Waals surface area contributed by atoms with Gasteiger partial charge in [-0.15, -0.1) is 6.58 Å². The van der Waals surface area contributed by atoms with Gasteiger partial charge in [-0.2, -0.15) is 26.3 Å². The quantitative estimate of drug-likeness (QED) is 0.587. The second-order valence-corrected chi connectivity index (χ2v) is 3.67. The molecule has 0 heterocycles. The first-order chi connectivity index (χ1) is 8.66. The maximum atomic E-state index is 12.3. The molecule has 7 heteroatoms. The minimum Gasteiger partial charge on any atom is -0.349 e. The summed E-state index contributed by atoms with van der Waals surface area (Å²) in [7, 11) is 0. The van der Waals surface area contributed by atoms with Gasteiger partial charge in [0.15, 0.2) is 0 Å². The average molecular weight is 284 g/mol. The summed E-state index contributed by atoms with van der Waals surface area (Å²) in [5, 5.41) is 0. The Bertz CT molecular complexity index is 394. The molecule has 1 atom stereocenters. The number of alkyl halides is 6. The fourth-order valence-corrected chi connectivity index (χ4v) is 1.40. The molecular formula is C12H10F6O. The monoisotopic (exact) mass is 284 g/mol. The Labute approximate surface area is 105 Å². The van der Waals surface area contributed by atoms with Crippen molar-refractivity contribution in [3.8, 4) is 0 Å². The van der Waals surface area contributed by atoms with Crippen molar-refractivity contribution in [3.05, 3.63) is 48.6 Å². The van der Waals surface area contributed by atoms with Gasteiger partial charge in [-0.3, -0.25) is 0 Å².